The number of thiazole rings is 1. The summed E-state index contributed by atoms with van der Waals surface area (Å²) in [5.74, 6) is 1.23. The second-order valence-electron chi connectivity index (χ2n) is 6.04. The van der Waals surface area contributed by atoms with E-state index in [2.05, 4.69) is 39.9 Å². The van der Waals surface area contributed by atoms with Crippen LogP contribution in [0.5, 0.6) is 0 Å². The molecule has 0 bridgehead atoms. The van der Waals surface area contributed by atoms with Crippen LogP contribution < -0.4 is 0 Å². The van der Waals surface area contributed by atoms with Crippen LogP contribution in [0.25, 0.3) is 0 Å². The smallest absolute Gasteiger partial charge is 0.126 e. The maximum atomic E-state index is 4.80. The lowest BCUT2D eigenvalue weighted by atomic mass is 10.0. The molecule has 0 spiro atoms. The fraction of sp³-hybridized carbons (Fsp3) is 0.647. The van der Waals surface area contributed by atoms with Gasteiger partial charge in [0.1, 0.15) is 5.82 Å². The number of piperidine rings is 1. The average molecular weight is 318 g/mol. The highest BCUT2D eigenvalue weighted by atomic mass is 32.1. The monoisotopic (exact) mass is 318 g/mol. The topological polar surface area (TPSA) is 34.0 Å². The number of rotatable bonds is 6. The molecular weight excluding hydrogens is 292 g/mol. The second kappa shape index (κ2) is 7.38. The van der Waals surface area contributed by atoms with Crippen molar-refractivity contribution in [2.24, 2.45) is 0 Å². The Hall–Kier alpha value is -1.20. The van der Waals surface area contributed by atoms with Crippen molar-refractivity contribution in [1.29, 1.82) is 0 Å². The Bertz CT molecular complexity index is 589. The van der Waals surface area contributed by atoms with Gasteiger partial charge in [-0.2, -0.15) is 0 Å². The van der Waals surface area contributed by atoms with Crippen molar-refractivity contribution >= 4 is 11.3 Å². The van der Waals surface area contributed by atoms with Gasteiger partial charge in [0.05, 0.1) is 16.7 Å². The molecule has 0 aromatic carbocycles. The lowest BCUT2D eigenvalue weighted by Gasteiger charge is -2.35. The molecule has 1 unspecified atom stereocenters. The van der Waals surface area contributed by atoms with E-state index >= 15 is 0 Å². The molecule has 0 aliphatic carbocycles. The zero-order valence-electron chi connectivity index (χ0n) is 13.7. The molecule has 2 aromatic heterocycles. The van der Waals surface area contributed by atoms with Crippen LogP contribution in [0.15, 0.2) is 17.8 Å². The van der Waals surface area contributed by atoms with E-state index in [4.69, 9.17) is 4.98 Å². The van der Waals surface area contributed by atoms with Gasteiger partial charge in [-0.1, -0.05) is 13.3 Å². The minimum atomic E-state index is 0.444. The molecule has 0 N–H and O–H groups in total. The maximum Gasteiger partial charge on any atom is 0.126 e. The van der Waals surface area contributed by atoms with E-state index in [0.717, 1.165) is 26.1 Å². The Morgan fingerprint density at radius 2 is 2.23 bits per heavy atom. The van der Waals surface area contributed by atoms with E-state index in [1.807, 2.05) is 17.5 Å². The highest BCUT2D eigenvalue weighted by Crippen LogP contribution is 2.31. The minimum Gasteiger partial charge on any atom is -0.334 e. The van der Waals surface area contributed by atoms with Gasteiger partial charge in [-0.05, 0) is 39.2 Å². The van der Waals surface area contributed by atoms with Gasteiger partial charge >= 0.3 is 0 Å². The fourth-order valence-electron chi connectivity index (χ4n) is 3.32. The van der Waals surface area contributed by atoms with Gasteiger partial charge in [-0.15, -0.1) is 11.3 Å². The van der Waals surface area contributed by atoms with Crippen LogP contribution in [0.3, 0.4) is 0 Å². The summed E-state index contributed by atoms with van der Waals surface area (Å²) in [7, 11) is 0. The number of likely N-dealkylation sites (tertiary alicyclic amines) is 1. The second-order valence-corrected chi connectivity index (χ2v) is 6.98. The predicted molar refractivity (Wildman–Crippen MR) is 91.0 cm³/mol. The van der Waals surface area contributed by atoms with Gasteiger partial charge in [-0.3, -0.25) is 4.90 Å². The van der Waals surface area contributed by atoms with Gasteiger partial charge in [0.2, 0.25) is 0 Å². The summed E-state index contributed by atoms with van der Waals surface area (Å²) in [5.41, 5.74) is 1.23. The summed E-state index contributed by atoms with van der Waals surface area (Å²) >= 11 is 1.81. The van der Waals surface area contributed by atoms with Crippen molar-refractivity contribution in [2.45, 2.75) is 65.1 Å². The standard InChI is InChI=1S/C17H26N4S/c1-3-7-16-19-14(13-22-16)12-21-10-6-5-8-15(21)17-18-9-11-20(17)4-2/h9,11,13,15H,3-8,10,12H2,1-2H3. The molecule has 3 heterocycles. The van der Waals surface area contributed by atoms with Crippen LogP contribution in [0.2, 0.25) is 0 Å². The molecule has 2 aromatic rings. The van der Waals surface area contributed by atoms with Crippen molar-refractivity contribution in [1.82, 2.24) is 19.4 Å². The SMILES string of the molecule is CCCc1nc(CN2CCCCC2c2nccn2CC)cs1. The van der Waals surface area contributed by atoms with Gasteiger partial charge in [0.25, 0.3) is 0 Å². The number of nitrogens with zero attached hydrogens (tertiary/aromatic N) is 4. The summed E-state index contributed by atoms with van der Waals surface area (Å²) in [6.07, 6.45) is 10.1. The third-order valence-corrected chi connectivity index (χ3v) is 5.39. The molecule has 1 aliphatic rings. The minimum absolute atomic E-state index is 0.444. The van der Waals surface area contributed by atoms with Crippen LogP contribution >= 0.6 is 11.3 Å². The fourth-order valence-corrected chi connectivity index (χ4v) is 4.21. The molecule has 22 heavy (non-hydrogen) atoms. The molecule has 1 fully saturated rings. The van der Waals surface area contributed by atoms with E-state index in [0.29, 0.717) is 6.04 Å². The number of hydrogen-bond donors (Lipinski definition) is 0. The first-order valence-corrected chi connectivity index (χ1v) is 9.38. The largest absolute Gasteiger partial charge is 0.334 e. The molecule has 0 saturated carbocycles. The molecule has 3 rings (SSSR count). The Labute approximate surface area is 137 Å². The third-order valence-electron chi connectivity index (χ3n) is 4.43. The normalized spacial score (nSPS) is 19.6. The number of imidazole rings is 1. The first-order valence-electron chi connectivity index (χ1n) is 8.50. The van der Waals surface area contributed by atoms with Gasteiger partial charge in [0, 0.05) is 30.9 Å². The van der Waals surface area contributed by atoms with Crippen LogP contribution in [-0.4, -0.2) is 26.0 Å². The first kappa shape index (κ1) is 15.7. The van der Waals surface area contributed by atoms with Gasteiger partial charge in [-0.25, -0.2) is 9.97 Å². The molecule has 4 nitrogen and oxygen atoms in total. The van der Waals surface area contributed by atoms with Gasteiger partial charge in [0.15, 0.2) is 0 Å². The molecular formula is C17H26N4S. The Morgan fingerprint density at radius 3 is 3.05 bits per heavy atom. The molecule has 0 radical (unpaired) electrons. The molecule has 5 heteroatoms. The molecule has 1 atom stereocenters. The molecule has 0 amide bonds. The number of hydrogen-bond acceptors (Lipinski definition) is 4. The van der Waals surface area contributed by atoms with Crippen molar-refractivity contribution in [3.63, 3.8) is 0 Å². The number of aromatic nitrogens is 3. The van der Waals surface area contributed by atoms with E-state index in [9.17, 15) is 0 Å². The van der Waals surface area contributed by atoms with Crippen LogP contribution in [0, 0.1) is 0 Å². The Balaban J connectivity index is 1.74. The highest BCUT2D eigenvalue weighted by molar-refractivity contribution is 7.09. The van der Waals surface area contributed by atoms with Crippen molar-refractivity contribution in [3.8, 4) is 0 Å². The van der Waals surface area contributed by atoms with Crippen molar-refractivity contribution < 1.29 is 0 Å². The Kier molecular flexibility index (Phi) is 5.26. The molecule has 1 saturated heterocycles. The van der Waals surface area contributed by atoms with Crippen molar-refractivity contribution in [2.75, 3.05) is 6.54 Å². The van der Waals surface area contributed by atoms with Crippen LogP contribution in [-0.2, 0) is 19.5 Å². The molecule has 120 valence electrons. The summed E-state index contributed by atoms with van der Waals surface area (Å²) in [5, 5.41) is 3.52. The quantitative estimate of drug-likeness (QED) is 0.806. The highest BCUT2D eigenvalue weighted by Gasteiger charge is 2.27. The van der Waals surface area contributed by atoms with Crippen LogP contribution in [0.4, 0.5) is 0 Å². The van der Waals surface area contributed by atoms with E-state index in [-0.39, 0.29) is 0 Å². The zero-order chi connectivity index (χ0) is 15.4. The van der Waals surface area contributed by atoms with Crippen molar-refractivity contribution in [3.05, 3.63) is 34.3 Å². The summed E-state index contributed by atoms with van der Waals surface area (Å²) < 4.78 is 2.28. The summed E-state index contributed by atoms with van der Waals surface area (Å²) in [4.78, 5) is 12.0. The zero-order valence-corrected chi connectivity index (χ0v) is 14.5. The maximum absolute atomic E-state index is 4.80. The van der Waals surface area contributed by atoms with Crippen LogP contribution in [0.1, 0.15) is 62.1 Å². The van der Waals surface area contributed by atoms with E-state index in [1.165, 1.54) is 42.2 Å². The predicted octanol–water partition coefficient (Wildman–Crippen LogP) is 4.04. The Morgan fingerprint density at radius 1 is 1.32 bits per heavy atom. The van der Waals surface area contributed by atoms with Gasteiger partial charge < -0.3 is 4.57 Å². The summed E-state index contributed by atoms with van der Waals surface area (Å²) in [6.45, 7) is 7.52. The lowest BCUT2D eigenvalue weighted by Crippen LogP contribution is -2.34. The average Bonchev–Trinajstić information content (AvgIpc) is 3.17. The summed E-state index contributed by atoms with van der Waals surface area (Å²) in [6, 6.07) is 0.444. The number of aryl methyl sites for hydroxylation is 2. The third kappa shape index (κ3) is 3.41. The molecule has 1 aliphatic heterocycles. The van der Waals surface area contributed by atoms with E-state index in [1.54, 1.807) is 0 Å². The lowest BCUT2D eigenvalue weighted by molar-refractivity contribution is 0.129. The first-order chi connectivity index (χ1) is 10.8. The van der Waals surface area contributed by atoms with E-state index < -0.39 is 0 Å².